The van der Waals surface area contributed by atoms with Gasteiger partial charge in [0.1, 0.15) is 5.82 Å². The Labute approximate surface area is 92.6 Å². The minimum Gasteiger partial charge on any atom is -0.373 e. The summed E-state index contributed by atoms with van der Waals surface area (Å²) in [6, 6.07) is 0. The molecule has 0 fully saturated rings. The zero-order chi connectivity index (χ0) is 11.3. The van der Waals surface area contributed by atoms with Crippen molar-refractivity contribution in [1.82, 2.24) is 15.2 Å². The molecule has 1 heterocycles. The van der Waals surface area contributed by atoms with Gasteiger partial charge in [0.25, 0.3) is 0 Å². The lowest BCUT2D eigenvalue weighted by Crippen LogP contribution is -2.28. The molecule has 4 nitrogen and oxygen atoms in total. The van der Waals surface area contributed by atoms with Gasteiger partial charge in [0, 0.05) is 33.4 Å². The van der Waals surface area contributed by atoms with Gasteiger partial charge in [0.15, 0.2) is 0 Å². The Kier molecular flexibility index (Phi) is 4.62. The lowest BCUT2D eigenvalue weighted by Gasteiger charge is -2.22. The fourth-order valence-corrected chi connectivity index (χ4v) is 1.84. The van der Waals surface area contributed by atoms with Crippen molar-refractivity contribution in [1.29, 1.82) is 0 Å². The largest absolute Gasteiger partial charge is 0.373 e. The summed E-state index contributed by atoms with van der Waals surface area (Å²) in [6.45, 7) is 4.27. The van der Waals surface area contributed by atoms with Gasteiger partial charge in [0.2, 0.25) is 0 Å². The predicted octanol–water partition coefficient (Wildman–Crippen LogP) is 1.08. The molecule has 0 aromatic carbocycles. The van der Waals surface area contributed by atoms with Crippen molar-refractivity contribution >= 4 is 6.21 Å². The molecule has 0 aromatic rings. The Hall–Kier alpha value is -1.03. The van der Waals surface area contributed by atoms with Crippen LogP contribution in [-0.2, 0) is 0 Å². The summed E-state index contributed by atoms with van der Waals surface area (Å²) in [7, 11) is 6.10. The highest BCUT2D eigenvalue weighted by atomic mass is 15.5. The zero-order valence-electron chi connectivity index (χ0n) is 10.2. The van der Waals surface area contributed by atoms with Gasteiger partial charge in [-0.25, -0.2) is 0 Å². The summed E-state index contributed by atoms with van der Waals surface area (Å²) < 4.78 is 0. The van der Waals surface area contributed by atoms with E-state index in [0.717, 1.165) is 31.8 Å². The van der Waals surface area contributed by atoms with E-state index in [-0.39, 0.29) is 0 Å². The van der Waals surface area contributed by atoms with Crippen LogP contribution in [0, 0.1) is 0 Å². The van der Waals surface area contributed by atoms with Crippen molar-refractivity contribution in [2.24, 2.45) is 5.10 Å². The second-order valence-corrected chi connectivity index (χ2v) is 3.90. The number of rotatable bonds is 2. The van der Waals surface area contributed by atoms with E-state index in [9.17, 15) is 0 Å². The lowest BCUT2D eigenvalue weighted by atomic mass is 10.2. The summed E-state index contributed by atoms with van der Waals surface area (Å²) in [5.74, 6) is 1.13. The molecule has 0 spiro atoms. The Morgan fingerprint density at radius 1 is 1.47 bits per heavy atom. The smallest absolute Gasteiger partial charge is 0.122 e. The molecule has 1 N–H and O–H groups in total. The van der Waals surface area contributed by atoms with Crippen LogP contribution in [0.4, 0.5) is 0 Å². The standard InChI is InChI=1S/C11H22N4/c1-5-10-9-14(3)8-6-7-13-15(4)11(10)12-2/h7,12H,5-6,8-9H2,1-4H3/b11-10+,13-7+. The van der Waals surface area contributed by atoms with E-state index in [1.807, 2.05) is 25.3 Å². The zero-order valence-corrected chi connectivity index (χ0v) is 10.2. The van der Waals surface area contributed by atoms with Gasteiger partial charge in [-0.2, -0.15) is 5.10 Å². The summed E-state index contributed by atoms with van der Waals surface area (Å²) in [6.07, 6.45) is 4.04. The highest BCUT2D eigenvalue weighted by Gasteiger charge is 2.11. The van der Waals surface area contributed by atoms with Crippen LogP contribution in [0.1, 0.15) is 19.8 Å². The molecule has 86 valence electrons. The maximum absolute atomic E-state index is 4.39. The third-order valence-electron chi connectivity index (χ3n) is 2.68. The van der Waals surface area contributed by atoms with Gasteiger partial charge in [-0.05, 0) is 25.5 Å². The summed E-state index contributed by atoms with van der Waals surface area (Å²) in [4.78, 5) is 2.33. The van der Waals surface area contributed by atoms with Gasteiger partial charge in [-0.1, -0.05) is 6.92 Å². The molecular formula is C11H22N4. The van der Waals surface area contributed by atoms with E-state index < -0.39 is 0 Å². The quantitative estimate of drug-likeness (QED) is 0.740. The average molecular weight is 210 g/mol. The SMILES string of the molecule is CC/C1=C(/NC)N(C)/N=C/CCN(C)C1. The van der Waals surface area contributed by atoms with Gasteiger partial charge >= 0.3 is 0 Å². The van der Waals surface area contributed by atoms with E-state index in [1.54, 1.807) is 0 Å². The van der Waals surface area contributed by atoms with E-state index in [1.165, 1.54) is 5.57 Å². The number of nitrogens with zero attached hydrogens (tertiary/aromatic N) is 3. The van der Waals surface area contributed by atoms with Crippen molar-refractivity contribution in [3.63, 3.8) is 0 Å². The molecule has 1 aliphatic heterocycles. The van der Waals surface area contributed by atoms with Crippen LogP contribution in [-0.4, -0.2) is 50.4 Å². The van der Waals surface area contributed by atoms with Gasteiger partial charge in [-0.15, -0.1) is 0 Å². The Bertz CT molecular complexity index is 257. The first-order valence-corrected chi connectivity index (χ1v) is 5.53. The third-order valence-corrected chi connectivity index (χ3v) is 2.68. The molecule has 0 radical (unpaired) electrons. The number of hydrogen-bond donors (Lipinski definition) is 1. The fraction of sp³-hybridized carbons (Fsp3) is 0.727. The number of hydrazone groups is 1. The molecule has 1 rings (SSSR count). The monoisotopic (exact) mass is 210 g/mol. The number of likely N-dealkylation sites (N-methyl/N-ethyl adjacent to an activating group) is 1. The van der Waals surface area contributed by atoms with Crippen LogP contribution in [0.5, 0.6) is 0 Å². The molecular weight excluding hydrogens is 188 g/mol. The average Bonchev–Trinajstić information content (AvgIpc) is 2.29. The maximum Gasteiger partial charge on any atom is 0.122 e. The molecule has 1 aliphatic rings. The normalized spacial score (nSPS) is 26.8. The summed E-state index contributed by atoms with van der Waals surface area (Å²) in [5.41, 5.74) is 1.40. The van der Waals surface area contributed by atoms with Gasteiger partial charge < -0.3 is 10.2 Å². The van der Waals surface area contributed by atoms with Crippen LogP contribution in [0.2, 0.25) is 0 Å². The van der Waals surface area contributed by atoms with E-state index >= 15 is 0 Å². The number of nitrogens with one attached hydrogen (secondary N) is 1. The molecule has 0 saturated heterocycles. The second kappa shape index (κ2) is 5.75. The Balaban J connectivity index is 2.95. The molecule has 4 heteroatoms. The van der Waals surface area contributed by atoms with Crippen LogP contribution in [0.3, 0.4) is 0 Å². The second-order valence-electron chi connectivity index (χ2n) is 3.90. The van der Waals surface area contributed by atoms with Crippen molar-refractivity contribution in [2.45, 2.75) is 19.8 Å². The van der Waals surface area contributed by atoms with Gasteiger partial charge in [0.05, 0.1) is 0 Å². The van der Waals surface area contributed by atoms with E-state index in [2.05, 4.69) is 29.3 Å². The summed E-state index contributed by atoms with van der Waals surface area (Å²) in [5, 5.41) is 9.55. The molecule has 0 atom stereocenters. The molecule has 0 unspecified atom stereocenters. The van der Waals surface area contributed by atoms with Crippen LogP contribution in [0.25, 0.3) is 0 Å². The first kappa shape index (κ1) is 12.0. The van der Waals surface area contributed by atoms with E-state index in [0.29, 0.717) is 0 Å². The van der Waals surface area contributed by atoms with Crippen molar-refractivity contribution in [3.05, 3.63) is 11.4 Å². The van der Waals surface area contributed by atoms with Crippen molar-refractivity contribution < 1.29 is 0 Å². The van der Waals surface area contributed by atoms with Crippen LogP contribution >= 0.6 is 0 Å². The molecule has 0 aliphatic carbocycles. The minimum atomic E-state index is 1.01. The van der Waals surface area contributed by atoms with Crippen molar-refractivity contribution in [3.8, 4) is 0 Å². The molecule has 0 aromatic heterocycles. The van der Waals surface area contributed by atoms with Crippen LogP contribution < -0.4 is 5.32 Å². The first-order valence-electron chi connectivity index (χ1n) is 5.53. The number of hydrogen-bond acceptors (Lipinski definition) is 4. The topological polar surface area (TPSA) is 30.9 Å². The van der Waals surface area contributed by atoms with Gasteiger partial charge in [-0.3, -0.25) is 5.01 Å². The predicted molar refractivity (Wildman–Crippen MR) is 64.7 cm³/mol. The fourth-order valence-electron chi connectivity index (χ4n) is 1.84. The minimum absolute atomic E-state index is 1.01. The first-order chi connectivity index (χ1) is 7.19. The highest BCUT2D eigenvalue weighted by Crippen LogP contribution is 2.12. The lowest BCUT2D eigenvalue weighted by molar-refractivity contribution is 0.361. The molecule has 0 amide bonds. The molecule has 0 bridgehead atoms. The van der Waals surface area contributed by atoms with Crippen LogP contribution in [0.15, 0.2) is 16.5 Å². The molecule has 0 saturated carbocycles. The maximum atomic E-state index is 4.39. The Morgan fingerprint density at radius 3 is 2.80 bits per heavy atom. The highest BCUT2D eigenvalue weighted by molar-refractivity contribution is 5.57. The van der Waals surface area contributed by atoms with E-state index in [4.69, 9.17) is 0 Å². The third kappa shape index (κ3) is 3.23. The summed E-state index contributed by atoms with van der Waals surface area (Å²) >= 11 is 0. The Morgan fingerprint density at radius 2 is 2.20 bits per heavy atom. The molecule has 15 heavy (non-hydrogen) atoms. The van der Waals surface area contributed by atoms with Crippen molar-refractivity contribution in [2.75, 3.05) is 34.2 Å².